The lowest BCUT2D eigenvalue weighted by atomic mass is 9.82. The van der Waals surface area contributed by atoms with Crippen molar-refractivity contribution in [1.82, 2.24) is 25.2 Å². The first-order chi connectivity index (χ1) is 29.8. The smallest absolute Gasteiger partial charge is 0.335 e. The summed E-state index contributed by atoms with van der Waals surface area (Å²) >= 11 is 0. The molecule has 3 aliphatic rings. The first-order valence-corrected chi connectivity index (χ1v) is 22.6. The Morgan fingerprint density at radius 2 is 1.64 bits per heavy atom. The van der Waals surface area contributed by atoms with Gasteiger partial charge in [-0.1, -0.05) is 36.8 Å². The fourth-order valence-electron chi connectivity index (χ4n) is 7.55. The molecule has 1 saturated heterocycles. The van der Waals surface area contributed by atoms with Gasteiger partial charge in [-0.05, 0) is 70.8 Å². The minimum atomic E-state index is -4.23. The number of rotatable bonds is 22. The summed E-state index contributed by atoms with van der Waals surface area (Å²) in [5.74, 6) is -7.07. The van der Waals surface area contributed by atoms with Gasteiger partial charge in [-0.15, -0.1) is 5.10 Å². The molecule has 0 aromatic carbocycles. The molecule has 0 radical (unpaired) electrons. The second-order valence-electron chi connectivity index (χ2n) is 17.9. The number of carboxylic acids is 1. The molecular formula is C42H59N5O16S. The van der Waals surface area contributed by atoms with Gasteiger partial charge >= 0.3 is 11.9 Å². The highest BCUT2D eigenvalue weighted by atomic mass is 32.2. The normalized spacial score (nSPS) is 24.2. The fraction of sp³-hybridized carbons (Fsp3) is 0.643. The van der Waals surface area contributed by atoms with Crippen LogP contribution in [0.2, 0.25) is 0 Å². The molecule has 4 rings (SSSR count). The molecule has 1 aromatic heterocycles. The van der Waals surface area contributed by atoms with E-state index < -0.39 is 124 Å². The zero-order valence-corrected chi connectivity index (χ0v) is 37.5. The average molecular weight is 922 g/mol. The minimum Gasteiger partial charge on any atom is -0.479 e. The average Bonchev–Trinajstić information content (AvgIpc) is 3.81. The van der Waals surface area contributed by atoms with E-state index in [1.54, 1.807) is 46.8 Å². The fourth-order valence-corrected chi connectivity index (χ4v) is 8.05. The van der Waals surface area contributed by atoms with Gasteiger partial charge in [-0.3, -0.25) is 42.9 Å². The van der Waals surface area contributed by atoms with Crippen LogP contribution in [0.15, 0.2) is 41.6 Å². The third-order valence-electron chi connectivity index (χ3n) is 11.3. The Balaban J connectivity index is 1.41. The van der Waals surface area contributed by atoms with E-state index in [4.69, 9.17) is 14.0 Å². The SMILES string of the molecule is CC(C)[C@H](CC(=O)C[C@@H](c1cn(CCCS(=O)(=O)O)nn1)N1C(=O)C=CC1=O)C(=O)N[C@@H](C)C(=O)CC1C=CC(COC(=O)C(C)(C)C)=C(CC[C@@H]2O[C@H](C(=O)O)[C@@H](O)[C@H](O)[C@H]2O)C1. The maximum Gasteiger partial charge on any atom is 0.335 e. The Hall–Kier alpha value is -5.00. The van der Waals surface area contributed by atoms with Crippen LogP contribution < -0.4 is 5.32 Å². The number of aromatic nitrogens is 3. The monoisotopic (exact) mass is 921 g/mol. The highest BCUT2D eigenvalue weighted by Gasteiger charge is 2.47. The molecule has 0 bridgehead atoms. The van der Waals surface area contributed by atoms with Crippen LogP contribution in [0.1, 0.15) is 98.2 Å². The topological polar surface area (TPSA) is 319 Å². The molecular weight excluding hydrogens is 863 g/mol. The maximum atomic E-state index is 13.7. The molecule has 64 heavy (non-hydrogen) atoms. The number of ketones is 2. The van der Waals surface area contributed by atoms with E-state index in [9.17, 15) is 62.4 Å². The minimum absolute atomic E-state index is 0.0131. The lowest BCUT2D eigenvalue weighted by Gasteiger charge is -2.39. The summed E-state index contributed by atoms with van der Waals surface area (Å²) in [5.41, 5.74) is 0.598. The van der Waals surface area contributed by atoms with Crippen LogP contribution in [0.25, 0.3) is 0 Å². The van der Waals surface area contributed by atoms with E-state index in [1.165, 1.54) is 17.8 Å². The quantitative estimate of drug-likeness (QED) is 0.0532. The number of Topliss-reactive ketones (excluding diaryl/α,β-unsaturated/α-hetero) is 2. The number of carbonyl (C=O) groups excluding carboxylic acids is 6. The number of carboxylic acid groups (broad SMARTS) is 1. The van der Waals surface area contributed by atoms with Crippen molar-refractivity contribution in [3.8, 4) is 0 Å². The van der Waals surface area contributed by atoms with Gasteiger partial charge in [0, 0.05) is 43.9 Å². The van der Waals surface area contributed by atoms with Crippen molar-refractivity contribution in [2.75, 3.05) is 12.4 Å². The van der Waals surface area contributed by atoms with Gasteiger partial charge < -0.3 is 35.2 Å². The Bertz CT molecular complexity index is 2120. The zero-order valence-electron chi connectivity index (χ0n) is 36.7. The number of ether oxygens (including phenoxy) is 2. The van der Waals surface area contributed by atoms with Crippen molar-refractivity contribution < 1.29 is 76.4 Å². The molecule has 0 spiro atoms. The predicted octanol–water partition coefficient (Wildman–Crippen LogP) is 0.784. The molecule has 1 unspecified atom stereocenters. The Morgan fingerprint density at radius 3 is 2.23 bits per heavy atom. The molecule has 0 saturated carbocycles. The van der Waals surface area contributed by atoms with E-state index in [-0.39, 0.29) is 63.2 Å². The number of carbonyl (C=O) groups is 7. The van der Waals surface area contributed by atoms with Crippen molar-refractivity contribution >= 4 is 51.3 Å². The zero-order chi connectivity index (χ0) is 47.8. The van der Waals surface area contributed by atoms with Crippen molar-refractivity contribution in [3.63, 3.8) is 0 Å². The van der Waals surface area contributed by atoms with Gasteiger partial charge in [0.2, 0.25) is 5.91 Å². The van der Waals surface area contributed by atoms with Gasteiger partial charge in [0.25, 0.3) is 21.9 Å². The van der Waals surface area contributed by atoms with Crippen LogP contribution in [0, 0.1) is 23.2 Å². The molecule has 21 nitrogen and oxygen atoms in total. The third-order valence-corrected chi connectivity index (χ3v) is 12.2. The number of esters is 1. The number of aliphatic hydroxyl groups is 3. The highest BCUT2D eigenvalue weighted by Crippen LogP contribution is 2.34. The van der Waals surface area contributed by atoms with Crippen LogP contribution in [0.3, 0.4) is 0 Å². The summed E-state index contributed by atoms with van der Waals surface area (Å²) in [6.45, 7) is 9.93. The molecule has 1 fully saturated rings. The number of hydrogen-bond acceptors (Lipinski definition) is 16. The summed E-state index contributed by atoms with van der Waals surface area (Å²) in [6, 6.07) is -2.20. The summed E-state index contributed by atoms with van der Waals surface area (Å²) in [4.78, 5) is 91.5. The van der Waals surface area contributed by atoms with Crippen molar-refractivity contribution in [3.05, 3.63) is 47.3 Å². The van der Waals surface area contributed by atoms with E-state index in [0.29, 0.717) is 11.1 Å². The summed E-state index contributed by atoms with van der Waals surface area (Å²) in [5, 5.41) is 51.2. The van der Waals surface area contributed by atoms with Gasteiger partial charge in [-0.2, -0.15) is 8.42 Å². The first-order valence-electron chi connectivity index (χ1n) is 21.0. The van der Waals surface area contributed by atoms with E-state index in [0.717, 1.165) is 17.1 Å². The van der Waals surface area contributed by atoms with E-state index in [1.807, 2.05) is 0 Å². The lowest BCUT2D eigenvalue weighted by Crippen LogP contribution is -2.59. The number of hydrogen-bond donors (Lipinski definition) is 6. The number of aliphatic hydroxyl groups excluding tert-OH is 3. The molecule has 1 aliphatic carbocycles. The van der Waals surface area contributed by atoms with Crippen molar-refractivity contribution in [1.29, 1.82) is 0 Å². The second kappa shape index (κ2) is 21.8. The van der Waals surface area contributed by atoms with Crippen LogP contribution in [0.5, 0.6) is 0 Å². The molecule has 9 atom stereocenters. The molecule has 1 aromatic rings. The molecule has 6 N–H and O–H groups in total. The Labute approximate surface area is 370 Å². The molecule has 3 amide bonds. The van der Waals surface area contributed by atoms with Crippen LogP contribution >= 0.6 is 0 Å². The number of imide groups is 1. The van der Waals surface area contributed by atoms with Gasteiger partial charge in [0.1, 0.15) is 36.4 Å². The summed E-state index contributed by atoms with van der Waals surface area (Å²) < 4.78 is 43.6. The Kier molecular flexibility index (Phi) is 17.6. The largest absolute Gasteiger partial charge is 0.479 e. The molecule has 2 aliphatic heterocycles. The van der Waals surface area contributed by atoms with Crippen LogP contribution in [-0.2, 0) is 59.7 Å². The van der Waals surface area contributed by atoms with Crippen molar-refractivity contribution in [2.45, 2.75) is 136 Å². The molecule has 3 heterocycles. The lowest BCUT2D eigenvalue weighted by molar-refractivity contribution is -0.228. The number of aryl methyl sites for hydroxylation is 1. The molecule has 22 heteroatoms. The van der Waals surface area contributed by atoms with Gasteiger partial charge in [0.15, 0.2) is 11.9 Å². The van der Waals surface area contributed by atoms with Gasteiger partial charge in [-0.25, -0.2) is 4.79 Å². The van der Waals surface area contributed by atoms with E-state index >= 15 is 0 Å². The number of aliphatic carboxylic acids is 1. The Morgan fingerprint density at radius 1 is 0.984 bits per heavy atom. The van der Waals surface area contributed by atoms with Gasteiger partial charge in [0.05, 0.1) is 35.6 Å². The standard InChI is InChI=1S/C42H59N5O16S/c1-22(2)28(18-27(48)19-30(47-33(50)12-13-34(47)51)29-20-46(45-44-29)14-7-15-64(59,60)61)39(55)43-23(3)31(49)17-24-8-9-26(21-62-41(58)42(4,5)6)25(16-24)10-11-32-35(52)36(53)37(54)38(63-32)40(56)57/h8-9,12-13,20,22-24,28,30,32,35-38,52-54H,7,10-11,14-19,21H2,1-6H3,(H,43,55)(H,56,57)(H,59,60,61)/t23-,24?,28-,30-,32-,35-,36+,37-,38-/m0/s1. The number of nitrogens with zero attached hydrogens (tertiary/aromatic N) is 4. The predicted molar refractivity (Wildman–Crippen MR) is 223 cm³/mol. The first kappa shape index (κ1) is 51.6. The number of amides is 3. The highest BCUT2D eigenvalue weighted by molar-refractivity contribution is 7.85. The summed E-state index contributed by atoms with van der Waals surface area (Å²) in [7, 11) is -4.23. The van der Waals surface area contributed by atoms with Crippen LogP contribution in [-0.4, -0.2) is 143 Å². The second-order valence-corrected chi connectivity index (χ2v) is 19.4. The van der Waals surface area contributed by atoms with Crippen molar-refractivity contribution in [2.24, 2.45) is 23.2 Å². The number of nitrogens with one attached hydrogen (secondary N) is 1. The summed E-state index contributed by atoms with van der Waals surface area (Å²) in [6.07, 6.45) is -1.60. The van der Waals surface area contributed by atoms with Crippen LogP contribution in [0.4, 0.5) is 0 Å². The maximum absolute atomic E-state index is 13.7. The van der Waals surface area contributed by atoms with E-state index in [2.05, 4.69) is 15.6 Å². The third kappa shape index (κ3) is 14.0. The molecule has 354 valence electrons. The number of allylic oxidation sites excluding steroid dienone is 2.